The van der Waals surface area contributed by atoms with E-state index in [0.717, 1.165) is 12.1 Å². The highest BCUT2D eigenvalue weighted by Crippen LogP contribution is 2.26. The minimum absolute atomic E-state index is 0.0496. The third kappa shape index (κ3) is 2.84. The van der Waals surface area contributed by atoms with Gasteiger partial charge in [0, 0.05) is 19.2 Å². The molecule has 1 unspecified atom stereocenters. The van der Waals surface area contributed by atoms with E-state index in [1.54, 1.807) is 0 Å². The summed E-state index contributed by atoms with van der Waals surface area (Å²) in [6.07, 6.45) is 1.17. The molecular weight excluding hydrogens is 224 g/mol. The third-order valence-electron chi connectivity index (χ3n) is 3.20. The maximum absolute atomic E-state index is 5.84. The largest absolute Gasteiger partial charge is 0.462 e. The van der Waals surface area contributed by atoms with E-state index in [1.165, 1.54) is 5.56 Å². The van der Waals surface area contributed by atoms with Gasteiger partial charge in [0.1, 0.15) is 6.10 Å². The molecule has 3 nitrogen and oxygen atoms in total. The van der Waals surface area contributed by atoms with Crippen LogP contribution in [-0.2, 0) is 4.74 Å². The lowest BCUT2D eigenvalue weighted by Gasteiger charge is -2.34. The number of amidine groups is 1. The van der Waals surface area contributed by atoms with E-state index in [2.05, 4.69) is 57.0 Å². The fourth-order valence-corrected chi connectivity index (χ4v) is 2.29. The lowest BCUT2D eigenvalue weighted by molar-refractivity contribution is 0.141. The molecule has 0 aliphatic carbocycles. The van der Waals surface area contributed by atoms with Crippen LogP contribution >= 0.6 is 0 Å². The zero-order chi connectivity index (χ0) is 13.3. The average molecular weight is 246 g/mol. The van der Waals surface area contributed by atoms with Crippen LogP contribution in [0.2, 0.25) is 0 Å². The molecule has 0 N–H and O–H groups in total. The van der Waals surface area contributed by atoms with Gasteiger partial charge in [0.25, 0.3) is 6.02 Å². The molecule has 3 heteroatoms. The molecule has 0 spiro atoms. The van der Waals surface area contributed by atoms with Gasteiger partial charge in [-0.2, -0.15) is 0 Å². The maximum Gasteiger partial charge on any atom is 0.292 e. The quantitative estimate of drug-likeness (QED) is 0.759. The molecule has 2 rings (SSSR count). The van der Waals surface area contributed by atoms with Crippen LogP contribution in [-0.4, -0.2) is 24.7 Å². The first-order chi connectivity index (χ1) is 8.37. The summed E-state index contributed by atoms with van der Waals surface area (Å²) in [6.45, 7) is 8.48. The van der Waals surface area contributed by atoms with Crippen molar-refractivity contribution in [1.29, 1.82) is 0 Å². The summed E-state index contributed by atoms with van der Waals surface area (Å²) >= 11 is 0. The standard InChI is InChI=1S/C15H22N2O/c1-11-6-8-13(9-7-11)17(5)14-16-15(3,4)10-12(2)18-14/h6-9,12H,10H2,1-5H3. The zero-order valence-corrected chi connectivity index (χ0v) is 11.9. The third-order valence-corrected chi connectivity index (χ3v) is 3.20. The van der Waals surface area contributed by atoms with E-state index < -0.39 is 0 Å². The minimum Gasteiger partial charge on any atom is -0.462 e. The Balaban J connectivity index is 2.25. The van der Waals surface area contributed by atoms with E-state index in [9.17, 15) is 0 Å². The summed E-state index contributed by atoms with van der Waals surface area (Å²) < 4.78 is 5.84. The molecule has 98 valence electrons. The number of ether oxygens (including phenoxy) is 1. The van der Waals surface area contributed by atoms with Crippen LogP contribution in [0, 0.1) is 6.92 Å². The zero-order valence-electron chi connectivity index (χ0n) is 11.9. The Morgan fingerprint density at radius 1 is 1.28 bits per heavy atom. The molecule has 1 aromatic carbocycles. The van der Waals surface area contributed by atoms with Gasteiger partial charge in [-0.1, -0.05) is 17.7 Å². The van der Waals surface area contributed by atoms with Gasteiger partial charge in [-0.05, 0) is 39.8 Å². The second kappa shape index (κ2) is 4.63. The van der Waals surface area contributed by atoms with Gasteiger partial charge in [0.2, 0.25) is 0 Å². The number of benzene rings is 1. The van der Waals surface area contributed by atoms with Crippen molar-refractivity contribution in [2.45, 2.75) is 45.8 Å². The fraction of sp³-hybridized carbons (Fsp3) is 0.533. The van der Waals surface area contributed by atoms with Gasteiger partial charge in [-0.3, -0.25) is 4.90 Å². The predicted octanol–water partition coefficient (Wildman–Crippen LogP) is 3.37. The molecule has 0 saturated carbocycles. The minimum atomic E-state index is -0.0496. The number of anilines is 1. The lowest BCUT2D eigenvalue weighted by Crippen LogP contribution is -2.41. The molecule has 0 radical (unpaired) electrons. The molecule has 1 atom stereocenters. The molecule has 1 heterocycles. The highest BCUT2D eigenvalue weighted by molar-refractivity contribution is 5.91. The molecule has 0 fully saturated rings. The van der Waals surface area contributed by atoms with E-state index in [-0.39, 0.29) is 11.6 Å². The van der Waals surface area contributed by atoms with E-state index in [0.29, 0.717) is 6.02 Å². The second-order valence-electron chi connectivity index (χ2n) is 5.73. The monoisotopic (exact) mass is 246 g/mol. The predicted molar refractivity (Wildman–Crippen MR) is 76.3 cm³/mol. The van der Waals surface area contributed by atoms with Crippen molar-refractivity contribution in [3.05, 3.63) is 29.8 Å². The topological polar surface area (TPSA) is 24.8 Å². The Morgan fingerprint density at radius 2 is 1.89 bits per heavy atom. The first-order valence-electron chi connectivity index (χ1n) is 6.44. The Bertz CT molecular complexity index is 448. The summed E-state index contributed by atoms with van der Waals surface area (Å²) in [6, 6.07) is 9.09. The Kier molecular flexibility index (Phi) is 3.33. The first-order valence-corrected chi connectivity index (χ1v) is 6.44. The molecule has 0 saturated heterocycles. The van der Waals surface area contributed by atoms with Gasteiger partial charge in [-0.25, -0.2) is 4.99 Å². The van der Waals surface area contributed by atoms with Crippen LogP contribution in [0.25, 0.3) is 0 Å². The number of nitrogens with zero attached hydrogens (tertiary/aromatic N) is 2. The highest BCUT2D eigenvalue weighted by atomic mass is 16.5. The molecule has 18 heavy (non-hydrogen) atoms. The van der Waals surface area contributed by atoms with E-state index in [4.69, 9.17) is 4.74 Å². The highest BCUT2D eigenvalue weighted by Gasteiger charge is 2.29. The number of aliphatic imine (C=N–C) groups is 1. The SMILES string of the molecule is Cc1ccc(N(C)C2=NC(C)(C)CC(C)O2)cc1. The molecule has 0 aromatic heterocycles. The Morgan fingerprint density at radius 3 is 2.44 bits per heavy atom. The Hall–Kier alpha value is -1.51. The lowest BCUT2D eigenvalue weighted by atomic mass is 9.97. The van der Waals surface area contributed by atoms with Gasteiger partial charge in [-0.15, -0.1) is 0 Å². The fourth-order valence-electron chi connectivity index (χ4n) is 2.29. The van der Waals surface area contributed by atoms with Crippen molar-refractivity contribution in [3.8, 4) is 0 Å². The summed E-state index contributed by atoms with van der Waals surface area (Å²) in [4.78, 5) is 6.69. The van der Waals surface area contributed by atoms with Crippen molar-refractivity contribution in [2.24, 2.45) is 4.99 Å². The first kappa shape index (κ1) is 12.9. The Labute approximate surface area is 109 Å². The number of hydrogen-bond donors (Lipinski definition) is 0. The summed E-state index contributed by atoms with van der Waals surface area (Å²) in [5.41, 5.74) is 2.31. The van der Waals surface area contributed by atoms with Gasteiger partial charge in [0.05, 0.1) is 5.54 Å². The van der Waals surface area contributed by atoms with Crippen LogP contribution in [0.15, 0.2) is 29.3 Å². The molecule has 1 aromatic rings. The molecule has 0 amide bonds. The summed E-state index contributed by atoms with van der Waals surface area (Å²) in [5.74, 6) is 0. The normalized spacial score (nSPS) is 22.1. The van der Waals surface area contributed by atoms with Crippen molar-refractivity contribution >= 4 is 11.7 Å². The van der Waals surface area contributed by atoms with Crippen LogP contribution in [0.4, 0.5) is 5.69 Å². The summed E-state index contributed by atoms with van der Waals surface area (Å²) in [5, 5.41) is 0. The maximum atomic E-state index is 5.84. The molecule has 1 aliphatic rings. The van der Waals surface area contributed by atoms with Gasteiger partial charge >= 0.3 is 0 Å². The van der Waals surface area contributed by atoms with Crippen LogP contribution in [0.5, 0.6) is 0 Å². The van der Waals surface area contributed by atoms with E-state index in [1.807, 2.05) is 11.9 Å². The smallest absolute Gasteiger partial charge is 0.292 e. The second-order valence-corrected chi connectivity index (χ2v) is 5.73. The van der Waals surface area contributed by atoms with Crippen molar-refractivity contribution in [2.75, 3.05) is 11.9 Å². The molecular formula is C15H22N2O. The molecule has 0 bridgehead atoms. The van der Waals surface area contributed by atoms with Crippen molar-refractivity contribution in [3.63, 3.8) is 0 Å². The van der Waals surface area contributed by atoms with Gasteiger partial charge in [0.15, 0.2) is 0 Å². The van der Waals surface area contributed by atoms with E-state index >= 15 is 0 Å². The summed E-state index contributed by atoms with van der Waals surface area (Å²) in [7, 11) is 2.00. The number of aryl methyl sites for hydroxylation is 1. The average Bonchev–Trinajstić information content (AvgIpc) is 2.26. The molecule has 1 aliphatic heterocycles. The van der Waals surface area contributed by atoms with Crippen molar-refractivity contribution < 1.29 is 4.74 Å². The number of hydrogen-bond acceptors (Lipinski definition) is 3. The van der Waals surface area contributed by atoms with Crippen molar-refractivity contribution in [1.82, 2.24) is 0 Å². The van der Waals surface area contributed by atoms with Crippen LogP contribution in [0.3, 0.4) is 0 Å². The van der Waals surface area contributed by atoms with Crippen LogP contribution in [0.1, 0.15) is 32.8 Å². The van der Waals surface area contributed by atoms with Crippen LogP contribution < -0.4 is 4.90 Å². The van der Waals surface area contributed by atoms with Gasteiger partial charge < -0.3 is 4.74 Å². The number of rotatable bonds is 1.